The summed E-state index contributed by atoms with van der Waals surface area (Å²) >= 11 is 0. The fraction of sp³-hybridized carbons (Fsp3) is 0.831. The van der Waals surface area contributed by atoms with Crippen molar-refractivity contribution in [1.29, 1.82) is 0 Å². The Morgan fingerprint density at radius 1 is 0.465 bits per heavy atom. The highest BCUT2D eigenvalue weighted by Crippen LogP contribution is 2.26. The molecule has 1 saturated heterocycles. The van der Waals surface area contributed by atoms with Crippen LogP contribution in [0, 0.1) is 0 Å². The van der Waals surface area contributed by atoms with Crippen molar-refractivity contribution in [3.05, 3.63) is 36.5 Å². The summed E-state index contributed by atoms with van der Waals surface area (Å²) in [4.78, 5) is 51.0. The van der Waals surface area contributed by atoms with Gasteiger partial charge in [-0.05, 0) is 70.6 Å². The number of aliphatic hydroxyl groups is 2. The van der Waals surface area contributed by atoms with Crippen molar-refractivity contribution in [2.75, 3.05) is 13.2 Å². The zero-order chi connectivity index (χ0) is 51.8. The van der Waals surface area contributed by atoms with Gasteiger partial charge in [-0.15, -0.1) is 0 Å². The number of ether oxygens (including phenoxy) is 5. The summed E-state index contributed by atoms with van der Waals surface area (Å²) in [6.45, 7) is 5.91. The average Bonchev–Trinajstić information content (AvgIpc) is 3.35. The van der Waals surface area contributed by atoms with E-state index in [0.29, 0.717) is 19.3 Å². The number of allylic oxidation sites excluding steroid dienone is 6. The second kappa shape index (κ2) is 47.9. The molecule has 1 aliphatic rings. The zero-order valence-electron chi connectivity index (χ0n) is 45.2. The van der Waals surface area contributed by atoms with Crippen molar-refractivity contribution in [2.45, 2.75) is 302 Å². The molecule has 6 unspecified atom stereocenters. The molecule has 1 heterocycles. The van der Waals surface area contributed by atoms with Crippen molar-refractivity contribution < 1.29 is 58.2 Å². The third-order valence-corrected chi connectivity index (χ3v) is 13.2. The van der Waals surface area contributed by atoms with Crippen LogP contribution in [-0.4, -0.2) is 89.2 Å². The molecule has 0 aromatic carbocycles. The Bertz CT molecular complexity index is 1380. The van der Waals surface area contributed by atoms with Gasteiger partial charge in [0.1, 0.15) is 18.8 Å². The molecule has 12 nitrogen and oxygen atoms in total. The van der Waals surface area contributed by atoms with Crippen LogP contribution in [0.1, 0.15) is 265 Å². The summed E-state index contributed by atoms with van der Waals surface area (Å²) in [6.07, 6.45) is 42.6. The molecule has 1 rings (SSSR count). The Labute approximate surface area is 431 Å². The maximum atomic E-state index is 13.1. The second-order valence-corrected chi connectivity index (χ2v) is 19.9. The molecule has 0 aliphatic carbocycles. The van der Waals surface area contributed by atoms with Crippen LogP contribution in [0.4, 0.5) is 0 Å². The average molecular weight is 1010 g/mol. The number of carboxylic acid groups (broad SMARTS) is 1. The van der Waals surface area contributed by atoms with Crippen LogP contribution in [0.3, 0.4) is 0 Å². The smallest absolute Gasteiger partial charge is 0.335 e. The first-order chi connectivity index (χ1) is 34.6. The first-order valence-corrected chi connectivity index (χ1v) is 29.0. The van der Waals surface area contributed by atoms with E-state index in [4.69, 9.17) is 23.7 Å². The van der Waals surface area contributed by atoms with Crippen LogP contribution < -0.4 is 0 Å². The highest BCUT2D eigenvalue weighted by atomic mass is 16.7. The highest BCUT2D eigenvalue weighted by Gasteiger charge is 2.50. The molecular formula is C59H104O12. The van der Waals surface area contributed by atoms with E-state index in [-0.39, 0.29) is 25.9 Å². The molecule has 0 radical (unpaired) electrons. The van der Waals surface area contributed by atoms with E-state index < -0.39 is 67.3 Å². The van der Waals surface area contributed by atoms with E-state index in [9.17, 15) is 34.5 Å². The number of carbonyl (C=O) groups is 4. The fourth-order valence-electron chi connectivity index (χ4n) is 8.69. The second-order valence-electron chi connectivity index (χ2n) is 19.9. The van der Waals surface area contributed by atoms with Gasteiger partial charge >= 0.3 is 23.9 Å². The van der Waals surface area contributed by atoms with E-state index >= 15 is 0 Å². The summed E-state index contributed by atoms with van der Waals surface area (Å²) in [5.41, 5.74) is 0. The van der Waals surface area contributed by atoms with Crippen molar-refractivity contribution in [3.63, 3.8) is 0 Å². The molecule has 12 heteroatoms. The number of rotatable bonds is 49. The molecule has 0 spiro atoms. The van der Waals surface area contributed by atoms with Crippen LogP contribution in [0.2, 0.25) is 0 Å². The Kier molecular flexibility index (Phi) is 44.5. The molecule has 412 valence electrons. The summed E-state index contributed by atoms with van der Waals surface area (Å²) < 4.78 is 28.4. The lowest BCUT2D eigenvalue weighted by Gasteiger charge is -2.40. The Balaban J connectivity index is 2.70. The summed E-state index contributed by atoms with van der Waals surface area (Å²) in [6, 6.07) is 0. The molecule has 0 amide bonds. The van der Waals surface area contributed by atoms with E-state index in [1.165, 1.54) is 96.3 Å². The van der Waals surface area contributed by atoms with E-state index in [2.05, 4.69) is 57.2 Å². The first kappa shape index (κ1) is 66.0. The molecular weight excluding hydrogens is 901 g/mol. The van der Waals surface area contributed by atoms with Crippen LogP contribution in [0.5, 0.6) is 0 Å². The molecule has 1 fully saturated rings. The number of unbranched alkanes of at least 4 members (excludes halogenated alkanes) is 29. The standard InChI is InChI=1S/C59H104O12/c1-4-7-10-13-16-19-22-25-26-29-30-33-36-39-42-45-51(60)67-48-50(69-52(61)46-43-40-37-34-31-27-23-20-17-14-11-8-5-2)49-68-59-57(55(64)54(63)56(71-59)58(65)66)70-53(62)47-44-41-38-35-32-28-24-21-18-15-12-9-6-3/h12,15,20-21,23-24,50,54-57,59,63-64H,4-11,13-14,16-19,22,25-49H2,1-3H3,(H,65,66)/b15-12-,23-20-,24-21-. The number of hydrogen-bond acceptors (Lipinski definition) is 11. The quantitative estimate of drug-likeness (QED) is 0.0228. The van der Waals surface area contributed by atoms with Crippen LogP contribution >= 0.6 is 0 Å². The van der Waals surface area contributed by atoms with Gasteiger partial charge in [0.2, 0.25) is 0 Å². The molecule has 0 aromatic heterocycles. The van der Waals surface area contributed by atoms with Gasteiger partial charge in [-0.2, -0.15) is 0 Å². The van der Waals surface area contributed by atoms with Crippen LogP contribution in [-0.2, 0) is 42.9 Å². The third kappa shape index (κ3) is 38.2. The van der Waals surface area contributed by atoms with Gasteiger partial charge in [-0.1, -0.05) is 211 Å². The van der Waals surface area contributed by atoms with Crippen LogP contribution in [0.15, 0.2) is 36.5 Å². The Hall–Kier alpha value is -3.06. The summed E-state index contributed by atoms with van der Waals surface area (Å²) in [7, 11) is 0. The minimum absolute atomic E-state index is 0.0458. The lowest BCUT2D eigenvalue weighted by Crippen LogP contribution is -2.61. The molecule has 0 bridgehead atoms. The minimum Gasteiger partial charge on any atom is -0.479 e. The van der Waals surface area contributed by atoms with Gasteiger partial charge in [-0.25, -0.2) is 4.79 Å². The number of aliphatic hydroxyl groups excluding tert-OH is 2. The minimum atomic E-state index is -1.90. The number of aliphatic carboxylic acids is 1. The Morgan fingerprint density at radius 2 is 0.873 bits per heavy atom. The third-order valence-electron chi connectivity index (χ3n) is 13.2. The molecule has 71 heavy (non-hydrogen) atoms. The number of carboxylic acids is 1. The summed E-state index contributed by atoms with van der Waals surface area (Å²) in [5, 5.41) is 31.4. The van der Waals surface area contributed by atoms with Gasteiger partial charge in [0.25, 0.3) is 0 Å². The highest BCUT2D eigenvalue weighted by molar-refractivity contribution is 5.74. The van der Waals surface area contributed by atoms with E-state index in [0.717, 1.165) is 109 Å². The lowest BCUT2D eigenvalue weighted by atomic mass is 9.98. The molecule has 0 saturated carbocycles. The molecule has 6 atom stereocenters. The predicted molar refractivity (Wildman–Crippen MR) is 285 cm³/mol. The maximum Gasteiger partial charge on any atom is 0.335 e. The van der Waals surface area contributed by atoms with Gasteiger partial charge in [0, 0.05) is 19.3 Å². The number of esters is 3. The van der Waals surface area contributed by atoms with Gasteiger partial charge in [-0.3, -0.25) is 14.4 Å². The molecule has 0 aromatic rings. The van der Waals surface area contributed by atoms with Crippen LogP contribution in [0.25, 0.3) is 0 Å². The molecule has 3 N–H and O–H groups in total. The van der Waals surface area contributed by atoms with Crippen molar-refractivity contribution in [1.82, 2.24) is 0 Å². The largest absolute Gasteiger partial charge is 0.479 e. The monoisotopic (exact) mass is 1000 g/mol. The molecule has 1 aliphatic heterocycles. The van der Waals surface area contributed by atoms with E-state index in [1.54, 1.807) is 0 Å². The summed E-state index contributed by atoms with van der Waals surface area (Å²) in [5.74, 6) is -3.13. The van der Waals surface area contributed by atoms with E-state index in [1.807, 2.05) is 0 Å². The van der Waals surface area contributed by atoms with Gasteiger partial charge in [0.15, 0.2) is 24.6 Å². The fourth-order valence-corrected chi connectivity index (χ4v) is 8.69. The lowest BCUT2D eigenvalue weighted by molar-refractivity contribution is -0.301. The van der Waals surface area contributed by atoms with Gasteiger partial charge in [0.05, 0.1) is 6.61 Å². The Morgan fingerprint density at radius 3 is 1.35 bits per heavy atom. The normalized spacial score (nSPS) is 18.7. The number of carbonyl (C=O) groups excluding carboxylic acids is 3. The number of hydrogen-bond donors (Lipinski definition) is 3. The van der Waals surface area contributed by atoms with Crippen molar-refractivity contribution in [2.24, 2.45) is 0 Å². The van der Waals surface area contributed by atoms with Gasteiger partial charge < -0.3 is 39.0 Å². The zero-order valence-corrected chi connectivity index (χ0v) is 45.2. The first-order valence-electron chi connectivity index (χ1n) is 29.0. The van der Waals surface area contributed by atoms with Crippen molar-refractivity contribution >= 4 is 23.9 Å². The maximum absolute atomic E-state index is 13.1. The van der Waals surface area contributed by atoms with Crippen molar-refractivity contribution in [3.8, 4) is 0 Å². The topological polar surface area (TPSA) is 175 Å². The SMILES string of the molecule is CCC/C=C\C/C=C\CCCCCCCC(=O)OC1C(OCC(COC(=O)CCCCCCCCCCCCCCCCC)OC(=O)CCCCCCC/C=C\CCCCCC)OC(C(=O)O)C(O)C1O. The predicted octanol–water partition coefficient (Wildman–Crippen LogP) is 14.5.